The summed E-state index contributed by atoms with van der Waals surface area (Å²) in [6.07, 6.45) is 2.94. The van der Waals surface area contributed by atoms with Crippen LogP contribution in [0.3, 0.4) is 0 Å². The predicted octanol–water partition coefficient (Wildman–Crippen LogP) is 1.49. The summed E-state index contributed by atoms with van der Waals surface area (Å²) in [4.78, 5) is 25.7. The molecule has 0 saturated carbocycles. The van der Waals surface area contributed by atoms with E-state index in [9.17, 15) is 9.59 Å². The van der Waals surface area contributed by atoms with Crippen LogP contribution in [0.5, 0.6) is 0 Å². The van der Waals surface area contributed by atoms with Gasteiger partial charge in [-0.25, -0.2) is 5.01 Å². The molecule has 1 aliphatic rings. The minimum absolute atomic E-state index is 0.0155. The first kappa shape index (κ1) is 13.1. The first-order valence-corrected chi connectivity index (χ1v) is 6.47. The first-order valence-electron chi connectivity index (χ1n) is 6.47. The number of hydrazone groups is 1. The van der Waals surface area contributed by atoms with Gasteiger partial charge in [-0.15, -0.1) is 0 Å². The number of piperazine rings is 1. The van der Waals surface area contributed by atoms with E-state index in [2.05, 4.69) is 5.10 Å². The number of para-hydroxylation sites is 1. The van der Waals surface area contributed by atoms with Crippen LogP contribution >= 0.6 is 0 Å². The number of hydrogen-bond acceptors (Lipinski definition) is 4. The van der Waals surface area contributed by atoms with Crippen LogP contribution in [0.2, 0.25) is 0 Å². The van der Waals surface area contributed by atoms with E-state index < -0.39 is 0 Å². The van der Waals surface area contributed by atoms with Crippen molar-refractivity contribution in [1.29, 1.82) is 0 Å². The lowest BCUT2D eigenvalue weighted by atomic mass is 10.2. The quantitative estimate of drug-likeness (QED) is 0.801. The van der Waals surface area contributed by atoms with Crippen LogP contribution in [0.4, 0.5) is 5.69 Å². The van der Waals surface area contributed by atoms with Gasteiger partial charge in [0.05, 0.1) is 12.5 Å². The van der Waals surface area contributed by atoms with Crippen LogP contribution in [0, 0.1) is 0 Å². The molecule has 1 fully saturated rings. The van der Waals surface area contributed by atoms with Gasteiger partial charge in [0.25, 0.3) is 5.91 Å². The molecule has 0 spiro atoms. The molecule has 21 heavy (non-hydrogen) atoms. The lowest BCUT2D eigenvalue weighted by molar-refractivity contribution is -0.138. The Morgan fingerprint density at radius 3 is 2.52 bits per heavy atom. The molecule has 106 valence electrons. The maximum Gasteiger partial charge on any atom is 0.263 e. The molecule has 1 saturated heterocycles. The fourth-order valence-electron chi connectivity index (χ4n) is 2.05. The second-order valence-electron chi connectivity index (χ2n) is 4.53. The highest BCUT2D eigenvalue weighted by Gasteiger charge is 2.30. The van der Waals surface area contributed by atoms with E-state index in [4.69, 9.17) is 4.42 Å². The molecule has 6 nitrogen and oxygen atoms in total. The molecule has 1 aliphatic heterocycles. The summed E-state index contributed by atoms with van der Waals surface area (Å²) in [5.74, 6) is 0.124. The second-order valence-corrected chi connectivity index (χ2v) is 4.53. The van der Waals surface area contributed by atoms with Crippen molar-refractivity contribution < 1.29 is 14.0 Å². The Balaban J connectivity index is 1.73. The fourth-order valence-corrected chi connectivity index (χ4v) is 2.05. The minimum atomic E-state index is -0.235. The lowest BCUT2D eigenvalue weighted by Crippen LogP contribution is -2.52. The highest BCUT2D eigenvalue weighted by Crippen LogP contribution is 2.17. The molecule has 0 atom stereocenters. The van der Waals surface area contributed by atoms with Gasteiger partial charge in [-0.2, -0.15) is 5.10 Å². The highest BCUT2D eigenvalue weighted by molar-refractivity contribution is 6.04. The van der Waals surface area contributed by atoms with E-state index in [0.29, 0.717) is 11.4 Å². The van der Waals surface area contributed by atoms with Gasteiger partial charge in [-0.05, 0) is 24.3 Å². The number of hydrogen-bond donors (Lipinski definition) is 0. The van der Waals surface area contributed by atoms with Gasteiger partial charge in [-0.3, -0.25) is 9.59 Å². The van der Waals surface area contributed by atoms with Crippen LogP contribution in [0.1, 0.15) is 5.76 Å². The van der Waals surface area contributed by atoms with Crippen molar-refractivity contribution in [2.75, 3.05) is 18.0 Å². The van der Waals surface area contributed by atoms with Gasteiger partial charge < -0.3 is 9.32 Å². The topological polar surface area (TPSA) is 66.1 Å². The number of benzene rings is 1. The monoisotopic (exact) mass is 283 g/mol. The third-order valence-corrected chi connectivity index (χ3v) is 3.10. The van der Waals surface area contributed by atoms with Gasteiger partial charge in [0.1, 0.15) is 18.8 Å². The third kappa shape index (κ3) is 2.84. The van der Waals surface area contributed by atoms with E-state index in [0.717, 1.165) is 5.01 Å². The molecule has 1 aromatic carbocycles. The van der Waals surface area contributed by atoms with Gasteiger partial charge in [-0.1, -0.05) is 18.2 Å². The van der Waals surface area contributed by atoms with E-state index in [-0.39, 0.29) is 24.9 Å². The van der Waals surface area contributed by atoms with Gasteiger partial charge in [0.15, 0.2) is 0 Å². The average molecular weight is 283 g/mol. The van der Waals surface area contributed by atoms with Gasteiger partial charge in [0, 0.05) is 5.69 Å². The third-order valence-electron chi connectivity index (χ3n) is 3.10. The van der Waals surface area contributed by atoms with Crippen LogP contribution in [-0.2, 0) is 9.59 Å². The standard InChI is InChI=1S/C15H13N3O3/c19-14-11-18(16-9-13-7-4-8-21-13)15(20)10-17(14)12-5-2-1-3-6-12/h1-9H,10-11H2/b16-9-. The fraction of sp³-hybridized carbons (Fsp3) is 0.133. The predicted molar refractivity (Wildman–Crippen MR) is 76.8 cm³/mol. The van der Waals surface area contributed by atoms with Crippen LogP contribution < -0.4 is 4.90 Å². The molecule has 0 radical (unpaired) electrons. The van der Waals surface area contributed by atoms with Crippen LogP contribution in [-0.4, -0.2) is 36.1 Å². The Kier molecular flexibility index (Phi) is 3.51. The van der Waals surface area contributed by atoms with Gasteiger partial charge >= 0.3 is 0 Å². The zero-order chi connectivity index (χ0) is 14.7. The first-order chi connectivity index (χ1) is 10.2. The Hall–Kier alpha value is -2.89. The Labute approximate surface area is 121 Å². The van der Waals surface area contributed by atoms with Crippen LogP contribution in [0.15, 0.2) is 58.2 Å². The van der Waals surface area contributed by atoms with Crippen LogP contribution in [0.25, 0.3) is 0 Å². The summed E-state index contributed by atoms with van der Waals surface area (Å²) in [7, 11) is 0. The molecule has 0 unspecified atom stereocenters. The highest BCUT2D eigenvalue weighted by atomic mass is 16.3. The number of carbonyl (C=O) groups excluding carboxylic acids is 2. The maximum atomic E-state index is 12.1. The summed E-state index contributed by atoms with van der Waals surface area (Å²) in [5.41, 5.74) is 0.713. The van der Waals surface area contributed by atoms with Crippen molar-refractivity contribution >= 4 is 23.7 Å². The summed E-state index contributed by atoms with van der Waals surface area (Å²) >= 11 is 0. The van der Waals surface area contributed by atoms with Crippen molar-refractivity contribution in [2.45, 2.75) is 0 Å². The zero-order valence-electron chi connectivity index (χ0n) is 11.2. The maximum absolute atomic E-state index is 12.1. The Bertz CT molecular complexity index is 665. The number of anilines is 1. The van der Waals surface area contributed by atoms with Crippen molar-refractivity contribution in [3.8, 4) is 0 Å². The van der Waals surface area contributed by atoms with E-state index in [1.165, 1.54) is 17.4 Å². The largest absolute Gasteiger partial charge is 0.463 e. The zero-order valence-corrected chi connectivity index (χ0v) is 11.2. The molecule has 1 aromatic heterocycles. The summed E-state index contributed by atoms with van der Waals surface area (Å²) in [6, 6.07) is 12.6. The molecular formula is C15H13N3O3. The normalized spacial score (nSPS) is 16.0. The molecular weight excluding hydrogens is 270 g/mol. The lowest BCUT2D eigenvalue weighted by Gasteiger charge is -2.30. The number of amides is 2. The second kappa shape index (κ2) is 5.62. The molecule has 3 rings (SSSR count). The number of nitrogens with zero attached hydrogens (tertiary/aromatic N) is 3. The molecule has 2 heterocycles. The Morgan fingerprint density at radius 2 is 1.81 bits per heavy atom. The SMILES string of the molecule is O=C1CN(c2ccccc2)C(=O)CN1/N=C\c1ccco1. The summed E-state index contributed by atoms with van der Waals surface area (Å²) < 4.78 is 5.09. The average Bonchev–Trinajstić information content (AvgIpc) is 3.02. The molecule has 0 aliphatic carbocycles. The van der Waals surface area contributed by atoms with E-state index >= 15 is 0 Å². The van der Waals surface area contributed by atoms with Gasteiger partial charge in [0.2, 0.25) is 5.91 Å². The molecule has 2 amide bonds. The number of rotatable bonds is 3. The van der Waals surface area contributed by atoms with Crippen molar-refractivity contribution in [3.05, 3.63) is 54.5 Å². The van der Waals surface area contributed by atoms with Crippen molar-refractivity contribution in [1.82, 2.24) is 5.01 Å². The molecule has 0 N–H and O–H groups in total. The van der Waals surface area contributed by atoms with Crippen molar-refractivity contribution in [2.24, 2.45) is 5.10 Å². The van der Waals surface area contributed by atoms with Crippen molar-refractivity contribution in [3.63, 3.8) is 0 Å². The Morgan fingerprint density at radius 1 is 1.00 bits per heavy atom. The number of furan rings is 1. The summed E-state index contributed by atoms with van der Waals surface area (Å²) in [6.45, 7) is -0.0940. The molecule has 0 bridgehead atoms. The number of carbonyl (C=O) groups is 2. The smallest absolute Gasteiger partial charge is 0.263 e. The van der Waals surface area contributed by atoms with E-state index in [1.54, 1.807) is 24.3 Å². The molecule has 2 aromatic rings. The van der Waals surface area contributed by atoms with E-state index in [1.807, 2.05) is 18.2 Å². The summed E-state index contributed by atoms with van der Waals surface area (Å²) in [5, 5.41) is 5.16. The minimum Gasteiger partial charge on any atom is -0.463 e. The molecule has 6 heteroatoms.